The SMILES string of the molecule is COC(=O)C1=C(C(=O)OC)[C@@]2([Si](C)(C)C)C([Si](C)(C)C)C1C13OC12C1CCC3C1. The Bertz CT molecular complexity index is 867. The molecule has 0 radical (unpaired) electrons. The van der Waals surface area contributed by atoms with Crippen LogP contribution >= 0.6 is 0 Å². The molecular formula is C22H34O5Si2. The van der Waals surface area contributed by atoms with Crippen LogP contribution in [0.1, 0.15) is 19.3 Å². The van der Waals surface area contributed by atoms with E-state index in [0.717, 1.165) is 0 Å². The fraction of sp³-hybridized carbons (Fsp3) is 0.818. The Morgan fingerprint density at radius 2 is 1.55 bits per heavy atom. The Morgan fingerprint density at radius 3 is 2.07 bits per heavy atom. The molecule has 0 spiro atoms. The normalized spacial score (nSPS) is 46.6. The molecule has 1 aliphatic heterocycles. The van der Waals surface area contributed by atoms with Gasteiger partial charge in [-0.15, -0.1) is 0 Å². The summed E-state index contributed by atoms with van der Waals surface area (Å²) in [7, 11) is -0.984. The summed E-state index contributed by atoms with van der Waals surface area (Å²) in [4.78, 5) is 26.6. The number of epoxide rings is 1. The van der Waals surface area contributed by atoms with Gasteiger partial charge in [-0.25, -0.2) is 9.59 Å². The molecule has 4 bridgehead atoms. The first-order valence-corrected chi connectivity index (χ1v) is 18.1. The van der Waals surface area contributed by atoms with Crippen molar-refractivity contribution in [2.24, 2.45) is 17.8 Å². The van der Waals surface area contributed by atoms with Crippen LogP contribution in [0.3, 0.4) is 0 Å². The first-order valence-electron chi connectivity index (χ1n) is 11.0. The van der Waals surface area contributed by atoms with Crippen LogP contribution in [0.15, 0.2) is 11.1 Å². The van der Waals surface area contributed by atoms with E-state index in [1.807, 2.05) is 0 Å². The number of ether oxygens (including phenoxy) is 3. The van der Waals surface area contributed by atoms with E-state index in [1.165, 1.54) is 33.5 Å². The minimum Gasteiger partial charge on any atom is -0.466 e. The quantitative estimate of drug-likeness (QED) is 0.380. The second-order valence-corrected chi connectivity index (χ2v) is 22.6. The molecule has 0 aromatic carbocycles. The van der Waals surface area contributed by atoms with E-state index in [9.17, 15) is 9.59 Å². The summed E-state index contributed by atoms with van der Waals surface area (Å²) in [5.74, 6) is 0.313. The minimum absolute atomic E-state index is 0.0160. The standard InChI is InChI=1S/C22H34O5Si2/c1-25-18(23)14-15-17(28(3,4)5)21(29(6,7)8,16(14)19(24)26-2)22-13-10-9-12(11-13)20(15,22)27-22/h12-13,15,17H,9-11H2,1-8H3/t12?,13?,15?,17?,20?,21-,22?/m1/s1. The Balaban J connectivity index is 1.91. The maximum absolute atomic E-state index is 13.4. The van der Waals surface area contributed by atoms with Crippen molar-refractivity contribution in [3.8, 4) is 0 Å². The molecule has 0 N–H and O–H groups in total. The van der Waals surface area contributed by atoms with Gasteiger partial charge in [0.2, 0.25) is 0 Å². The number of carbonyl (C=O) groups is 2. The Hall–Kier alpha value is -0.926. The average Bonchev–Trinajstić information content (AvgIpc) is 2.95. The third kappa shape index (κ3) is 1.73. The van der Waals surface area contributed by atoms with Crippen LogP contribution in [0.25, 0.3) is 0 Å². The summed E-state index contributed by atoms with van der Waals surface area (Å²) >= 11 is 0. The van der Waals surface area contributed by atoms with E-state index in [1.54, 1.807) is 0 Å². The molecule has 5 aliphatic rings. The van der Waals surface area contributed by atoms with Crippen LogP contribution in [-0.2, 0) is 23.8 Å². The third-order valence-corrected chi connectivity index (χ3v) is 15.4. The monoisotopic (exact) mass is 434 g/mol. The van der Waals surface area contributed by atoms with Crippen molar-refractivity contribution < 1.29 is 23.8 Å². The van der Waals surface area contributed by atoms with Crippen LogP contribution in [0.4, 0.5) is 0 Å². The summed E-state index contributed by atoms with van der Waals surface area (Å²) in [5.41, 5.74) is 1.06. The number of rotatable bonds is 4. The minimum atomic E-state index is -2.06. The molecule has 5 nitrogen and oxygen atoms in total. The van der Waals surface area contributed by atoms with E-state index in [0.29, 0.717) is 28.5 Å². The van der Waals surface area contributed by atoms with Gasteiger partial charge in [0, 0.05) is 19.0 Å². The van der Waals surface area contributed by atoms with Gasteiger partial charge >= 0.3 is 11.9 Å². The van der Waals surface area contributed by atoms with Gasteiger partial charge in [0.25, 0.3) is 0 Å². The highest BCUT2D eigenvalue weighted by atomic mass is 28.3. The molecule has 7 atom stereocenters. The van der Waals surface area contributed by atoms with Gasteiger partial charge in [-0.2, -0.15) is 0 Å². The summed E-state index contributed by atoms with van der Waals surface area (Å²) in [6, 6.07) is 0. The maximum Gasteiger partial charge on any atom is 0.334 e. The molecule has 1 heterocycles. The van der Waals surface area contributed by atoms with Gasteiger partial charge < -0.3 is 14.2 Å². The van der Waals surface area contributed by atoms with Gasteiger partial charge in [0.05, 0.1) is 33.4 Å². The fourth-order valence-corrected chi connectivity index (χ4v) is 18.4. The van der Waals surface area contributed by atoms with E-state index in [2.05, 4.69) is 39.3 Å². The predicted molar refractivity (Wildman–Crippen MR) is 115 cm³/mol. The van der Waals surface area contributed by atoms with Crippen LogP contribution < -0.4 is 0 Å². The molecular weight excluding hydrogens is 400 g/mol. The lowest BCUT2D eigenvalue weighted by molar-refractivity contribution is -0.140. The molecule has 0 aromatic heterocycles. The molecule has 0 amide bonds. The van der Waals surface area contributed by atoms with Crippen molar-refractivity contribution in [1.29, 1.82) is 0 Å². The lowest BCUT2D eigenvalue weighted by Crippen LogP contribution is -2.57. The van der Waals surface area contributed by atoms with Crippen molar-refractivity contribution in [2.45, 2.75) is 80.3 Å². The van der Waals surface area contributed by atoms with Crippen molar-refractivity contribution >= 4 is 28.1 Å². The number of esters is 2. The number of fused-ring (bicyclic) bond motifs is 4. The van der Waals surface area contributed by atoms with Crippen molar-refractivity contribution in [2.75, 3.05) is 14.2 Å². The second-order valence-electron chi connectivity index (χ2n) is 12.0. The molecule has 7 heteroatoms. The van der Waals surface area contributed by atoms with Crippen LogP contribution in [0.2, 0.25) is 49.9 Å². The summed E-state index contributed by atoms with van der Waals surface area (Å²) in [5, 5.41) is -0.369. The van der Waals surface area contributed by atoms with Gasteiger partial charge in [-0.05, 0) is 36.6 Å². The Morgan fingerprint density at radius 1 is 0.966 bits per heavy atom. The van der Waals surface area contributed by atoms with E-state index in [4.69, 9.17) is 14.2 Å². The van der Waals surface area contributed by atoms with Crippen LogP contribution in [0.5, 0.6) is 0 Å². The fourth-order valence-electron chi connectivity index (χ4n) is 9.11. The summed E-state index contributed by atoms with van der Waals surface area (Å²) in [6.07, 6.45) is 3.56. The molecule has 0 aromatic rings. The van der Waals surface area contributed by atoms with Gasteiger partial charge in [0.1, 0.15) is 11.2 Å². The lowest BCUT2D eigenvalue weighted by Gasteiger charge is -2.53. The zero-order valence-electron chi connectivity index (χ0n) is 19.0. The van der Waals surface area contributed by atoms with Crippen LogP contribution in [-0.4, -0.2) is 53.5 Å². The highest BCUT2D eigenvalue weighted by Crippen LogP contribution is 2.96. The van der Waals surface area contributed by atoms with E-state index >= 15 is 0 Å². The zero-order valence-corrected chi connectivity index (χ0v) is 21.0. The molecule has 6 unspecified atom stereocenters. The molecule has 3 saturated carbocycles. The number of hydrogen-bond acceptors (Lipinski definition) is 5. The first kappa shape index (κ1) is 20.0. The van der Waals surface area contributed by atoms with E-state index in [-0.39, 0.29) is 34.1 Å². The number of hydrogen-bond donors (Lipinski definition) is 0. The van der Waals surface area contributed by atoms with Crippen molar-refractivity contribution in [1.82, 2.24) is 0 Å². The zero-order chi connectivity index (χ0) is 21.4. The summed E-state index contributed by atoms with van der Waals surface area (Å²) in [6.45, 7) is 14.3. The lowest BCUT2D eigenvalue weighted by atomic mass is 9.68. The van der Waals surface area contributed by atoms with Crippen molar-refractivity contribution in [3.05, 3.63) is 11.1 Å². The number of methoxy groups -OCH3 is 2. The predicted octanol–water partition coefficient (Wildman–Crippen LogP) is 4.00. The van der Waals surface area contributed by atoms with Gasteiger partial charge in [0.15, 0.2) is 0 Å². The highest BCUT2D eigenvalue weighted by molar-refractivity contribution is 6.87. The average molecular weight is 435 g/mol. The topological polar surface area (TPSA) is 65.1 Å². The van der Waals surface area contributed by atoms with Crippen LogP contribution in [0, 0.1) is 17.8 Å². The highest BCUT2D eigenvalue weighted by Gasteiger charge is 3.01. The maximum atomic E-state index is 13.4. The Kier molecular flexibility index (Phi) is 3.64. The van der Waals surface area contributed by atoms with Gasteiger partial charge in [-0.1, -0.05) is 39.3 Å². The summed E-state index contributed by atoms with van der Waals surface area (Å²) < 4.78 is 17.6. The molecule has 4 fully saturated rings. The van der Waals surface area contributed by atoms with Crippen molar-refractivity contribution in [3.63, 3.8) is 0 Å². The molecule has 4 aliphatic carbocycles. The molecule has 160 valence electrons. The molecule has 5 rings (SSSR count). The third-order valence-electron chi connectivity index (χ3n) is 9.22. The van der Waals surface area contributed by atoms with E-state index < -0.39 is 16.1 Å². The first-order chi connectivity index (χ1) is 13.4. The molecule has 29 heavy (non-hydrogen) atoms. The second kappa shape index (κ2) is 5.27. The van der Waals surface area contributed by atoms with Gasteiger partial charge in [-0.3, -0.25) is 0 Å². The molecule has 1 saturated heterocycles. The smallest absolute Gasteiger partial charge is 0.334 e. The Labute approximate surface area is 175 Å². The largest absolute Gasteiger partial charge is 0.466 e. The number of carbonyl (C=O) groups excluding carboxylic acids is 2.